The summed E-state index contributed by atoms with van der Waals surface area (Å²) in [6.07, 6.45) is 1.17. The zero-order chi connectivity index (χ0) is 14.2. The second-order valence-electron chi connectivity index (χ2n) is 4.47. The molecule has 0 radical (unpaired) electrons. The molecule has 0 aromatic heterocycles. The van der Waals surface area contributed by atoms with Crippen molar-refractivity contribution in [1.82, 2.24) is 0 Å². The molecule has 0 N–H and O–H groups in total. The molecule has 0 aliphatic heterocycles. The van der Waals surface area contributed by atoms with Gasteiger partial charge in [-0.25, -0.2) is 4.79 Å². The molecular weight excluding hydrogens is 252 g/mol. The van der Waals surface area contributed by atoms with E-state index in [0.29, 0.717) is 24.7 Å². The summed E-state index contributed by atoms with van der Waals surface area (Å²) in [5.41, 5.74) is 1.58. The number of aldehydes is 1. The molecule has 2 rings (SSSR count). The van der Waals surface area contributed by atoms with Crippen LogP contribution in [0, 0.1) is 0 Å². The summed E-state index contributed by atoms with van der Waals surface area (Å²) in [4.78, 5) is 22.9. The molecule has 0 spiro atoms. The fraction of sp³-hybridized carbons (Fsp3) is 0.176. The lowest BCUT2D eigenvalue weighted by molar-refractivity contribution is -0.115. The maximum atomic E-state index is 11.8. The van der Waals surface area contributed by atoms with Crippen molar-refractivity contribution in [2.24, 2.45) is 0 Å². The predicted octanol–water partition coefficient (Wildman–Crippen LogP) is 3.04. The van der Waals surface area contributed by atoms with Gasteiger partial charge in [-0.05, 0) is 30.5 Å². The smallest absolute Gasteiger partial charge is 0.338 e. The van der Waals surface area contributed by atoms with Crippen LogP contribution in [0.15, 0.2) is 60.7 Å². The minimum absolute atomic E-state index is 0.457. The summed E-state index contributed by atoms with van der Waals surface area (Å²) >= 11 is 0. The summed E-state index contributed by atoms with van der Waals surface area (Å²) in [5.74, 6) is -0.462. The summed E-state index contributed by atoms with van der Waals surface area (Å²) in [6.45, 7) is 0. The highest BCUT2D eigenvalue weighted by atomic mass is 16.5. The van der Waals surface area contributed by atoms with Crippen LogP contribution in [-0.2, 0) is 16.0 Å². The van der Waals surface area contributed by atoms with E-state index in [2.05, 4.69) is 0 Å². The van der Waals surface area contributed by atoms with Gasteiger partial charge in [0.05, 0.1) is 5.56 Å². The van der Waals surface area contributed by atoms with Gasteiger partial charge in [-0.2, -0.15) is 0 Å². The van der Waals surface area contributed by atoms with Crippen molar-refractivity contribution in [3.05, 3.63) is 71.8 Å². The van der Waals surface area contributed by atoms with Gasteiger partial charge in [-0.1, -0.05) is 48.5 Å². The fourth-order valence-corrected chi connectivity index (χ4v) is 1.89. The number of ether oxygens (including phenoxy) is 1. The third-order valence-corrected chi connectivity index (χ3v) is 2.98. The largest absolute Gasteiger partial charge is 0.451 e. The highest BCUT2D eigenvalue weighted by Gasteiger charge is 2.14. The Morgan fingerprint density at radius 2 is 1.60 bits per heavy atom. The van der Waals surface area contributed by atoms with E-state index in [1.165, 1.54) is 0 Å². The maximum Gasteiger partial charge on any atom is 0.338 e. The van der Waals surface area contributed by atoms with Gasteiger partial charge in [-0.3, -0.25) is 4.79 Å². The molecule has 0 aliphatic carbocycles. The average molecular weight is 268 g/mol. The SMILES string of the molecule is O=C[C@H](CCc1ccccc1)OC(=O)c1ccccc1. The molecule has 0 bridgehead atoms. The molecule has 0 aliphatic rings. The van der Waals surface area contributed by atoms with E-state index in [9.17, 15) is 9.59 Å². The second-order valence-corrected chi connectivity index (χ2v) is 4.47. The average Bonchev–Trinajstić information content (AvgIpc) is 2.53. The van der Waals surface area contributed by atoms with Gasteiger partial charge < -0.3 is 4.74 Å². The monoisotopic (exact) mass is 268 g/mol. The number of benzene rings is 2. The summed E-state index contributed by atoms with van der Waals surface area (Å²) in [5, 5.41) is 0. The standard InChI is InChI=1S/C17H16O3/c18-13-16(12-11-14-7-3-1-4-8-14)20-17(19)15-9-5-2-6-10-15/h1-10,13,16H,11-12H2/t16-/m0/s1. The van der Waals surface area contributed by atoms with Crippen molar-refractivity contribution in [3.8, 4) is 0 Å². The van der Waals surface area contributed by atoms with Crippen LogP contribution in [0.3, 0.4) is 0 Å². The van der Waals surface area contributed by atoms with Crippen molar-refractivity contribution in [3.63, 3.8) is 0 Å². The fourth-order valence-electron chi connectivity index (χ4n) is 1.89. The molecular formula is C17H16O3. The Balaban J connectivity index is 1.89. The molecule has 0 saturated carbocycles. The number of hydrogen-bond donors (Lipinski definition) is 0. The van der Waals surface area contributed by atoms with Crippen molar-refractivity contribution in [2.75, 3.05) is 0 Å². The van der Waals surface area contributed by atoms with Gasteiger partial charge in [0.2, 0.25) is 0 Å². The lowest BCUT2D eigenvalue weighted by Crippen LogP contribution is -2.20. The Morgan fingerprint density at radius 1 is 1.00 bits per heavy atom. The maximum absolute atomic E-state index is 11.8. The van der Waals surface area contributed by atoms with E-state index >= 15 is 0 Å². The Kier molecular flexibility index (Phi) is 5.07. The van der Waals surface area contributed by atoms with E-state index in [1.807, 2.05) is 36.4 Å². The van der Waals surface area contributed by atoms with E-state index < -0.39 is 12.1 Å². The topological polar surface area (TPSA) is 43.4 Å². The summed E-state index contributed by atoms with van der Waals surface area (Å²) < 4.78 is 5.20. The molecule has 2 aromatic carbocycles. The first-order valence-electron chi connectivity index (χ1n) is 6.55. The normalized spacial score (nSPS) is 11.6. The number of carbonyl (C=O) groups excluding carboxylic acids is 2. The van der Waals surface area contributed by atoms with Crippen LogP contribution in [0.25, 0.3) is 0 Å². The Hall–Kier alpha value is -2.42. The van der Waals surface area contributed by atoms with Crippen LogP contribution in [0.1, 0.15) is 22.3 Å². The highest BCUT2D eigenvalue weighted by Crippen LogP contribution is 2.09. The van der Waals surface area contributed by atoms with Gasteiger partial charge in [-0.15, -0.1) is 0 Å². The van der Waals surface area contributed by atoms with Gasteiger partial charge >= 0.3 is 5.97 Å². The molecule has 3 nitrogen and oxygen atoms in total. The third-order valence-electron chi connectivity index (χ3n) is 2.98. The quantitative estimate of drug-likeness (QED) is 0.597. The summed E-state index contributed by atoms with van der Waals surface area (Å²) in [6, 6.07) is 18.5. The van der Waals surface area contributed by atoms with Crippen molar-refractivity contribution in [1.29, 1.82) is 0 Å². The highest BCUT2D eigenvalue weighted by molar-refractivity contribution is 5.90. The van der Waals surface area contributed by atoms with Crippen LogP contribution >= 0.6 is 0 Å². The first-order chi connectivity index (χ1) is 9.79. The molecule has 1 atom stereocenters. The molecule has 0 amide bonds. The number of aryl methyl sites for hydroxylation is 1. The molecule has 0 fully saturated rings. The lowest BCUT2D eigenvalue weighted by Gasteiger charge is -2.12. The third kappa shape index (κ3) is 4.05. The Morgan fingerprint density at radius 3 is 2.20 bits per heavy atom. The lowest BCUT2D eigenvalue weighted by atomic mass is 10.1. The van der Waals surface area contributed by atoms with E-state index in [0.717, 1.165) is 5.56 Å². The first kappa shape index (κ1) is 14.0. The van der Waals surface area contributed by atoms with Crippen LogP contribution in [0.5, 0.6) is 0 Å². The van der Waals surface area contributed by atoms with Crippen molar-refractivity contribution >= 4 is 12.3 Å². The molecule has 0 unspecified atom stereocenters. The number of hydrogen-bond acceptors (Lipinski definition) is 3. The molecule has 0 heterocycles. The van der Waals surface area contributed by atoms with Crippen LogP contribution in [0.2, 0.25) is 0 Å². The second kappa shape index (κ2) is 7.24. The zero-order valence-electron chi connectivity index (χ0n) is 11.1. The van der Waals surface area contributed by atoms with Gasteiger partial charge in [0.25, 0.3) is 0 Å². The minimum atomic E-state index is -0.706. The van der Waals surface area contributed by atoms with E-state index in [1.54, 1.807) is 24.3 Å². The number of rotatable bonds is 6. The Labute approximate surface area is 118 Å². The van der Waals surface area contributed by atoms with Gasteiger partial charge in [0.1, 0.15) is 0 Å². The minimum Gasteiger partial charge on any atom is -0.451 e. The first-order valence-corrected chi connectivity index (χ1v) is 6.55. The van der Waals surface area contributed by atoms with Gasteiger partial charge in [0.15, 0.2) is 12.4 Å². The van der Waals surface area contributed by atoms with E-state index in [-0.39, 0.29) is 0 Å². The van der Waals surface area contributed by atoms with E-state index in [4.69, 9.17) is 4.74 Å². The molecule has 2 aromatic rings. The van der Waals surface area contributed by atoms with Gasteiger partial charge in [0, 0.05) is 0 Å². The molecule has 102 valence electrons. The Bertz CT molecular complexity index is 549. The predicted molar refractivity (Wildman–Crippen MR) is 76.5 cm³/mol. The molecule has 3 heteroatoms. The number of esters is 1. The molecule has 20 heavy (non-hydrogen) atoms. The molecule has 0 saturated heterocycles. The summed E-state index contributed by atoms with van der Waals surface area (Å²) in [7, 11) is 0. The van der Waals surface area contributed by atoms with Crippen LogP contribution in [0.4, 0.5) is 0 Å². The van der Waals surface area contributed by atoms with Crippen molar-refractivity contribution < 1.29 is 14.3 Å². The zero-order valence-corrected chi connectivity index (χ0v) is 11.1. The van der Waals surface area contributed by atoms with Crippen LogP contribution in [-0.4, -0.2) is 18.4 Å². The number of carbonyl (C=O) groups is 2. The van der Waals surface area contributed by atoms with Crippen molar-refractivity contribution in [2.45, 2.75) is 18.9 Å². The van der Waals surface area contributed by atoms with Crippen LogP contribution < -0.4 is 0 Å².